The Morgan fingerprint density at radius 2 is 2.10 bits per heavy atom. The van der Waals surface area contributed by atoms with Gasteiger partial charge in [-0.15, -0.1) is 11.6 Å². The van der Waals surface area contributed by atoms with Crippen molar-refractivity contribution in [1.82, 2.24) is 5.32 Å². The van der Waals surface area contributed by atoms with Gasteiger partial charge in [0.2, 0.25) is 0 Å². The van der Waals surface area contributed by atoms with E-state index in [9.17, 15) is 22.4 Å². The molecule has 0 spiro atoms. The van der Waals surface area contributed by atoms with Crippen molar-refractivity contribution in [1.29, 1.82) is 0 Å². The molecule has 0 saturated carbocycles. The highest BCUT2D eigenvalue weighted by Gasteiger charge is 2.32. The van der Waals surface area contributed by atoms with Gasteiger partial charge in [-0.05, 0) is 18.2 Å². The average Bonchev–Trinajstić information content (AvgIpc) is 2.37. The number of hydrogen-bond donors (Lipinski definition) is 1. The number of carbonyl (C=O) groups excluding carboxylic acids is 1. The van der Waals surface area contributed by atoms with Gasteiger partial charge in [0.25, 0.3) is 5.91 Å². The number of carbonyl (C=O) groups is 1. The minimum absolute atomic E-state index is 0.0137. The van der Waals surface area contributed by atoms with Crippen LogP contribution in [0, 0.1) is 5.82 Å². The van der Waals surface area contributed by atoms with Crippen LogP contribution in [0.25, 0.3) is 0 Å². The van der Waals surface area contributed by atoms with Crippen molar-refractivity contribution in [3.8, 4) is 0 Å². The normalized spacial score (nSPS) is 13.1. The molecule has 0 aliphatic heterocycles. The van der Waals surface area contributed by atoms with E-state index in [0.29, 0.717) is 18.2 Å². The number of benzene rings is 1. The minimum Gasteiger partial charge on any atom is -0.383 e. The molecule has 3 nitrogen and oxygen atoms in total. The van der Waals surface area contributed by atoms with E-state index in [1.807, 2.05) is 0 Å². The maximum Gasteiger partial charge on any atom is 0.416 e. The average molecular weight is 314 g/mol. The number of halogens is 5. The molecule has 0 radical (unpaired) electrons. The predicted molar refractivity (Wildman–Crippen MR) is 65.3 cm³/mol. The van der Waals surface area contributed by atoms with Gasteiger partial charge in [-0.1, -0.05) is 0 Å². The fraction of sp³-hybridized carbons (Fsp3) is 0.417. The molecule has 1 aromatic rings. The number of amides is 1. The van der Waals surface area contributed by atoms with Crippen molar-refractivity contribution in [2.75, 3.05) is 19.6 Å². The smallest absolute Gasteiger partial charge is 0.383 e. The van der Waals surface area contributed by atoms with Gasteiger partial charge < -0.3 is 10.1 Å². The van der Waals surface area contributed by atoms with E-state index in [1.54, 1.807) is 0 Å². The van der Waals surface area contributed by atoms with E-state index < -0.39 is 35.1 Å². The number of ether oxygens (including phenoxy) is 1. The molecule has 8 heteroatoms. The zero-order chi connectivity index (χ0) is 15.3. The van der Waals surface area contributed by atoms with E-state index in [0.717, 1.165) is 0 Å². The molecule has 0 fully saturated rings. The van der Waals surface area contributed by atoms with E-state index in [2.05, 4.69) is 5.32 Å². The van der Waals surface area contributed by atoms with Crippen LogP contribution in [0.5, 0.6) is 0 Å². The molecular formula is C12H12ClF4NO2. The predicted octanol–water partition coefficient (Wildman–Crippen LogP) is 2.83. The van der Waals surface area contributed by atoms with Gasteiger partial charge in [-0.25, -0.2) is 4.39 Å². The van der Waals surface area contributed by atoms with Crippen LogP contribution in [0.15, 0.2) is 18.2 Å². The topological polar surface area (TPSA) is 38.3 Å². The fourth-order valence-electron chi connectivity index (χ4n) is 1.46. The van der Waals surface area contributed by atoms with Crippen molar-refractivity contribution in [3.63, 3.8) is 0 Å². The van der Waals surface area contributed by atoms with Crippen molar-refractivity contribution < 1.29 is 27.1 Å². The van der Waals surface area contributed by atoms with Crippen molar-refractivity contribution >= 4 is 17.5 Å². The first-order valence-corrected chi connectivity index (χ1v) is 6.05. The molecule has 0 aromatic heterocycles. The largest absolute Gasteiger partial charge is 0.416 e. The number of methoxy groups -OCH3 is 1. The monoisotopic (exact) mass is 313 g/mol. The van der Waals surface area contributed by atoms with E-state index >= 15 is 0 Å². The maximum absolute atomic E-state index is 13.5. The van der Waals surface area contributed by atoms with Crippen molar-refractivity contribution in [2.24, 2.45) is 0 Å². The van der Waals surface area contributed by atoms with Crippen LogP contribution < -0.4 is 5.32 Å². The quantitative estimate of drug-likeness (QED) is 0.670. The first kappa shape index (κ1) is 16.7. The molecule has 0 aliphatic rings. The van der Waals surface area contributed by atoms with Gasteiger partial charge in [0.05, 0.1) is 23.8 Å². The van der Waals surface area contributed by atoms with Gasteiger partial charge in [0, 0.05) is 13.0 Å². The summed E-state index contributed by atoms with van der Waals surface area (Å²) < 4.78 is 55.8. The molecular weight excluding hydrogens is 302 g/mol. The number of nitrogens with one attached hydrogen (secondary N) is 1. The van der Waals surface area contributed by atoms with E-state index in [4.69, 9.17) is 16.3 Å². The zero-order valence-electron chi connectivity index (χ0n) is 10.4. The van der Waals surface area contributed by atoms with Crippen LogP contribution in [0.2, 0.25) is 0 Å². The zero-order valence-corrected chi connectivity index (χ0v) is 11.2. The van der Waals surface area contributed by atoms with Gasteiger partial charge in [-0.2, -0.15) is 13.2 Å². The first-order valence-electron chi connectivity index (χ1n) is 5.52. The molecule has 1 N–H and O–H groups in total. The summed E-state index contributed by atoms with van der Waals surface area (Å²) in [4.78, 5) is 11.8. The summed E-state index contributed by atoms with van der Waals surface area (Å²) in [6, 6.07) is 1.01. The highest BCUT2D eigenvalue weighted by Crippen LogP contribution is 2.30. The minimum atomic E-state index is -4.65. The molecule has 0 bridgehead atoms. The first-order chi connectivity index (χ1) is 9.29. The lowest BCUT2D eigenvalue weighted by Gasteiger charge is -2.16. The molecule has 1 amide bonds. The molecule has 112 valence electrons. The Bertz CT molecular complexity index is 479. The number of hydrogen-bond acceptors (Lipinski definition) is 2. The van der Waals surface area contributed by atoms with Crippen LogP contribution in [0.4, 0.5) is 17.6 Å². The van der Waals surface area contributed by atoms with Crippen LogP contribution in [0.3, 0.4) is 0 Å². The second kappa shape index (κ2) is 6.90. The summed E-state index contributed by atoms with van der Waals surface area (Å²) in [7, 11) is 1.37. The Hall–Kier alpha value is -1.34. The lowest BCUT2D eigenvalue weighted by Crippen LogP contribution is -2.39. The third-order valence-electron chi connectivity index (χ3n) is 2.43. The Kier molecular flexibility index (Phi) is 5.76. The van der Waals surface area contributed by atoms with Crippen molar-refractivity contribution in [3.05, 3.63) is 35.1 Å². The SMILES string of the molecule is COCC(CCl)NC(=O)c1cc(C(F)(F)F)ccc1F. The van der Waals surface area contributed by atoms with Crippen LogP contribution in [-0.4, -0.2) is 31.5 Å². The molecule has 0 aliphatic carbocycles. The fourth-order valence-corrected chi connectivity index (χ4v) is 1.63. The number of alkyl halides is 4. The third-order valence-corrected chi connectivity index (χ3v) is 2.80. The summed E-state index contributed by atoms with van der Waals surface area (Å²) in [5.41, 5.74) is -1.79. The standard InChI is InChI=1S/C12H12ClF4NO2/c1-20-6-8(5-13)18-11(19)9-4-7(12(15,16)17)2-3-10(9)14/h2-4,8H,5-6H2,1H3,(H,18,19). The van der Waals surface area contributed by atoms with Gasteiger partial charge in [0.15, 0.2) is 0 Å². The third kappa shape index (κ3) is 4.35. The van der Waals surface area contributed by atoms with Gasteiger partial charge in [-0.3, -0.25) is 4.79 Å². The molecule has 0 heterocycles. The second-order valence-corrected chi connectivity index (χ2v) is 4.28. The van der Waals surface area contributed by atoms with Crippen LogP contribution in [-0.2, 0) is 10.9 Å². The summed E-state index contributed by atoms with van der Waals surface area (Å²) in [6.45, 7) is 0.0653. The van der Waals surface area contributed by atoms with E-state index in [-0.39, 0.29) is 12.5 Å². The van der Waals surface area contributed by atoms with Crippen LogP contribution in [0.1, 0.15) is 15.9 Å². The molecule has 1 aromatic carbocycles. The Balaban J connectivity index is 2.97. The maximum atomic E-state index is 13.5. The Morgan fingerprint density at radius 1 is 1.45 bits per heavy atom. The molecule has 0 saturated heterocycles. The summed E-state index contributed by atoms with van der Waals surface area (Å²) >= 11 is 5.55. The lowest BCUT2D eigenvalue weighted by molar-refractivity contribution is -0.137. The Labute approximate surface area is 117 Å². The Morgan fingerprint density at radius 3 is 2.60 bits per heavy atom. The van der Waals surface area contributed by atoms with Gasteiger partial charge in [0.1, 0.15) is 5.82 Å². The lowest BCUT2D eigenvalue weighted by atomic mass is 10.1. The van der Waals surface area contributed by atoms with E-state index in [1.165, 1.54) is 7.11 Å². The molecule has 20 heavy (non-hydrogen) atoms. The summed E-state index contributed by atoms with van der Waals surface area (Å²) in [6.07, 6.45) is -4.65. The number of rotatable bonds is 5. The second-order valence-electron chi connectivity index (χ2n) is 3.97. The van der Waals surface area contributed by atoms with Crippen molar-refractivity contribution in [2.45, 2.75) is 12.2 Å². The molecule has 1 rings (SSSR count). The molecule has 1 atom stereocenters. The summed E-state index contributed by atoms with van der Waals surface area (Å²) in [5, 5.41) is 2.30. The summed E-state index contributed by atoms with van der Waals surface area (Å²) in [5.74, 6) is -2.03. The van der Waals surface area contributed by atoms with Gasteiger partial charge >= 0.3 is 6.18 Å². The molecule has 1 unspecified atom stereocenters. The van der Waals surface area contributed by atoms with Crippen LogP contribution >= 0.6 is 11.6 Å². The highest BCUT2D eigenvalue weighted by molar-refractivity contribution is 6.18. The highest BCUT2D eigenvalue weighted by atomic mass is 35.5.